The Labute approximate surface area is 796 Å². The molecular weight excluding hydrogens is 2210 g/mol. The largest absolute Gasteiger partial charge is 0.459 e. The first-order valence-electron chi connectivity index (χ1n) is 37.7. The number of rotatable bonds is 13. The van der Waals surface area contributed by atoms with Gasteiger partial charge in [0.25, 0.3) is 33.7 Å². The van der Waals surface area contributed by atoms with Gasteiger partial charge in [-0.25, -0.2) is 31.1 Å². The summed E-state index contributed by atoms with van der Waals surface area (Å²) in [5, 5.41) is 61.8. The van der Waals surface area contributed by atoms with Gasteiger partial charge in [-0.05, 0) is 151 Å². The normalized spacial score (nSPS) is 12.9. The second kappa shape index (κ2) is 45.3. The SMILES string of the molecule is CC(C)(C)OC(=O)Nc1ccc(-c2ccc(C(O)(C(F)(F)F)C(F)(F)F)cc2F)cc1.Nc1ccc(-c2ccc(C(O)(C(F)(F)F)C(F)(F)F)cc2F)cc1.Nc1ccc(C(O)(C(F)(F)F)C(F)(F)F)cc1F.Nc1ccccc1F.O=C(C(F)(F)F)C(F)(F)F.O=C(Cc1ccccc1[N+](=O)[O-])Nc1ccc(-c2ccc(C(O)(C(F)(F)F)C(F)(F)F)cc2F)cc1.OC(c1ccc(I)c(F)c1)(C(F)(F)F)C(F)(F)F. The van der Waals surface area contributed by atoms with Crippen LogP contribution in [0, 0.1) is 48.6 Å². The van der Waals surface area contributed by atoms with E-state index in [1.54, 1.807) is 32.9 Å². The van der Waals surface area contributed by atoms with Crippen molar-refractivity contribution >= 4 is 74.5 Å². The number of alkyl halides is 36. The van der Waals surface area contributed by atoms with Crippen molar-refractivity contribution in [2.75, 3.05) is 27.8 Å². The number of Topliss-reactive ketones (excluding diaryl/α,β-unsaturated/α-hetero) is 1. The Hall–Kier alpha value is -13.0. The molecule has 17 nitrogen and oxygen atoms in total. The molecule has 0 aliphatic heterocycles. The van der Waals surface area contributed by atoms with Crippen LogP contribution in [0.25, 0.3) is 33.4 Å². The number of ether oxygens (including phenoxy) is 1. The Balaban J connectivity index is 0.000000368. The number of nitrogens with zero attached hydrogens (tertiary/aromatic N) is 1. The molecule has 0 unspecified atom stereocenters. The maximum absolute atomic E-state index is 14.5. The van der Waals surface area contributed by atoms with Crippen LogP contribution in [0.4, 0.5) is 223 Å². The van der Waals surface area contributed by atoms with Gasteiger partial charge in [-0.3, -0.25) is 25.0 Å². The lowest BCUT2D eigenvalue weighted by Crippen LogP contribution is -2.54. The number of ketones is 1. The van der Waals surface area contributed by atoms with E-state index in [9.17, 15) is 224 Å². The number of nitrogens with one attached hydrogen (secondary N) is 2. The van der Waals surface area contributed by atoms with E-state index < -0.39 is 193 Å². The zero-order chi connectivity index (χ0) is 112. The van der Waals surface area contributed by atoms with E-state index in [2.05, 4.69) is 10.6 Å². The molecule has 0 heterocycles. The number of benzene rings is 10. The fraction of sp³-hybridized carbons (Fsp3) is 0.259. The van der Waals surface area contributed by atoms with E-state index in [-0.39, 0.29) is 114 Å². The molecule has 0 saturated heterocycles. The third-order valence-corrected chi connectivity index (χ3v) is 19.4. The van der Waals surface area contributed by atoms with Crippen molar-refractivity contribution in [1.82, 2.24) is 0 Å². The highest BCUT2D eigenvalue weighted by atomic mass is 127. The predicted molar refractivity (Wildman–Crippen MR) is 433 cm³/mol. The van der Waals surface area contributed by atoms with Gasteiger partial charge in [-0.1, -0.05) is 115 Å². The highest BCUT2D eigenvalue weighted by Crippen LogP contribution is 2.56. The van der Waals surface area contributed by atoms with Crippen LogP contribution in [0.5, 0.6) is 0 Å². The quantitative estimate of drug-likeness (QED) is 0.0169. The van der Waals surface area contributed by atoms with Crippen molar-refractivity contribution in [3.8, 4) is 33.4 Å². The average molecular weight is 2270 g/mol. The second-order valence-corrected chi connectivity index (χ2v) is 31.0. The summed E-state index contributed by atoms with van der Waals surface area (Å²) in [7, 11) is 0. The molecule has 0 radical (unpaired) electrons. The smallest absolute Gasteiger partial charge is 0.444 e. The summed E-state index contributed by atoms with van der Waals surface area (Å²) in [6.07, 6.45) is -73.5. The molecule has 0 atom stereocenters. The summed E-state index contributed by atoms with van der Waals surface area (Å²) in [5.41, 5.74) is -19.7. The number of hydrogen-bond donors (Lipinski definition) is 10. The second-order valence-electron chi connectivity index (χ2n) is 29.8. The number of anilines is 5. The minimum absolute atomic E-state index is 0.0107. The molecule has 10 aromatic rings. The van der Waals surface area contributed by atoms with Crippen LogP contribution in [0.1, 0.15) is 54.2 Å². The van der Waals surface area contributed by atoms with E-state index in [0.717, 1.165) is 6.07 Å². The average Bonchev–Trinajstić information content (AvgIpc) is 0.759. The molecule has 10 rings (SSSR count). The summed E-state index contributed by atoms with van der Waals surface area (Å²) in [4.78, 5) is 43.6. The van der Waals surface area contributed by atoms with Crippen LogP contribution in [0.2, 0.25) is 0 Å². The number of aliphatic hydroxyl groups is 5. The molecule has 0 spiro atoms. The molecule has 10 aromatic carbocycles. The standard InChI is InChI=1S/C23H15F7N2O4.C20H18F7NO3.C15H10F7NO.C9H4F7IO.C9H6F7NO.C6H6FN.C3F6O/c24-18-12-15(21(34,22(25,26)27)23(28,29)30)7-10-17(18)13-5-8-16(9-6-13)31-20(33)11-14-3-1-2-4-19(14)32(35)36;1-17(2,3)31-16(29)28-13-7-4-11(5-8-13)14-9-6-12(10-15(14)21)18(30,19(22,23)24)20(25,26)27;16-12-7-9(13(24,14(17,18)19)15(20,21)22)3-6-11(12)8-1-4-10(23)5-2-8;2*10-5-3-4(1-2-6(5)17)7(18,8(11,12)13)9(14,15)16;7-5-3-1-2-4-6(5)8;4-2(5,6)1(10)3(7,8)9/h1-10,12,34H,11H2,(H,31,33);4-10,30H,1-3H3,(H,28,29);1-7,24H,23H2;1-3,18H;1-3,18H,17H2;1-4H,8H2;. The summed E-state index contributed by atoms with van der Waals surface area (Å²) in [6.45, 7) is 4.96. The van der Waals surface area contributed by atoms with Crippen LogP contribution in [0.15, 0.2) is 212 Å². The molecule has 13 N–H and O–H groups in total. The van der Waals surface area contributed by atoms with E-state index >= 15 is 0 Å². The Morgan fingerprint density at radius 3 is 0.848 bits per heavy atom. The van der Waals surface area contributed by atoms with Crippen molar-refractivity contribution in [3.05, 3.63) is 294 Å². The molecule has 0 aromatic heterocycles. The van der Waals surface area contributed by atoms with E-state index in [0.29, 0.717) is 54.2 Å². The molecule has 0 fully saturated rings. The Morgan fingerprint density at radius 2 is 0.593 bits per heavy atom. The number of carbonyl (C=O) groups excluding carboxylic acids is 3. The summed E-state index contributed by atoms with van der Waals surface area (Å²) >= 11 is 1.39. The van der Waals surface area contributed by atoms with Gasteiger partial charge in [-0.15, -0.1) is 0 Å². The Kier molecular flexibility index (Phi) is 38.9. The van der Waals surface area contributed by atoms with Crippen molar-refractivity contribution in [2.45, 2.75) is 135 Å². The molecule has 145 heavy (non-hydrogen) atoms. The summed E-state index contributed by atoms with van der Waals surface area (Å²) in [5.74, 6) is -11.6. The van der Waals surface area contributed by atoms with Gasteiger partial charge in [0.05, 0.1) is 22.7 Å². The fourth-order valence-corrected chi connectivity index (χ4v) is 11.6. The molecule has 2 amide bonds. The summed E-state index contributed by atoms with van der Waals surface area (Å²) in [6, 6.07) is 32.5. The third-order valence-electron chi connectivity index (χ3n) is 18.5. The molecule has 0 bridgehead atoms. The number of nitro benzene ring substituents is 1. The highest BCUT2D eigenvalue weighted by molar-refractivity contribution is 14.1. The molecule has 0 aliphatic carbocycles. The van der Waals surface area contributed by atoms with Gasteiger partial charge in [-0.2, -0.15) is 158 Å². The number of hydrogen-bond acceptors (Lipinski definition) is 14. The molecular formula is C85H59F42IN6O11. The van der Waals surface area contributed by atoms with Gasteiger partial charge >= 0.3 is 86.0 Å². The monoisotopic (exact) mass is 2260 g/mol. The zero-order valence-electron chi connectivity index (χ0n) is 71.0. The fourth-order valence-electron chi connectivity index (χ4n) is 11.2. The topological polar surface area (TPSA) is 307 Å². The number of halogens is 43. The molecule has 796 valence electrons. The lowest BCUT2D eigenvalue weighted by atomic mass is 9.90. The van der Waals surface area contributed by atoms with Gasteiger partial charge in [0.2, 0.25) is 5.91 Å². The van der Waals surface area contributed by atoms with Gasteiger partial charge in [0.1, 0.15) is 40.5 Å². The maximum Gasteiger partial charge on any atom is 0.459 e. The van der Waals surface area contributed by atoms with Crippen LogP contribution in [-0.4, -0.2) is 128 Å². The number of nitrogens with two attached hydrogens (primary N) is 3. The van der Waals surface area contributed by atoms with Crippen molar-refractivity contribution in [1.29, 1.82) is 0 Å². The number of amides is 2. The number of nitrogen functional groups attached to an aromatic ring is 3. The van der Waals surface area contributed by atoms with E-state index in [4.69, 9.17) is 32.2 Å². The Morgan fingerprint density at radius 1 is 0.331 bits per heavy atom. The van der Waals surface area contributed by atoms with Crippen molar-refractivity contribution < 1.29 is 234 Å². The van der Waals surface area contributed by atoms with Crippen LogP contribution < -0.4 is 27.8 Å². The lowest BCUT2D eigenvalue weighted by Gasteiger charge is -2.32. The summed E-state index contributed by atoms with van der Waals surface area (Å²) < 4.78 is 533. The molecule has 60 heteroatoms. The van der Waals surface area contributed by atoms with Crippen molar-refractivity contribution in [2.24, 2.45) is 0 Å². The zero-order valence-corrected chi connectivity index (χ0v) is 73.2. The van der Waals surface area contributed by atoms with Gasteiger partial charge < -0.3 is 52.8 Å². The van der Waals surface area contributed by atoms with E-state index in [1.165, 1.54) is 132 Å². The van der Waals surface area contributed by atoms with Crippen LogP contribution in [0.3, 0.4) is 0 Å². The van der Waals surface area contributed by atoms with E-state index in [1.807, 2.05) is 0 Å². The van der Waals surface area contributed by atoms with Gasteiger partial charge in [0, 0.05) is 76.8 Å². The third kappa shape index (κ3) is 30.1. The first-order chi connectivity index (χ1) is 65.3. The number of carbonyl (C=O) groups is 3. The van der Waals surface area contributed by atoms with Crippen molar-refractivity contribution in [3.63, 3.8) is 0 Å². The number of nitro groups is 1. The first-order valence-corrected chi connectivity index (χ1v) is 38.8. The first kappa shape index (κ1) is 124. The maximum atomic E-state index is 14.5. The van der Waals surface area contributed by atoms with Crippen LogP contribution >= 0.6 is 22.6 Å². The molecule has 0 saturated carbocycles. The molecule has 0 aliphatic rings. The predicted octanol–water partition coefficient (Wildman–Crippen LogP) is 26.0. The Bertz CT molecular complexity index is 5940. The lowest BCUT2D eigenvalue weighted by molar-refractivity contribution is -0.385. The minimum Gasteiger partial charge on any atom is -0.444 e. The number of para-hydroxylation sites is 2. The minimum atomic E-state index is -6.15. The van der Waals surface area contributed by atoms with Crippen LogP contribution in [-0.2, 0) is 48.8 Å². The highest BCUT2D eigenvalue weighted by Gasteiger charge is 2.76. The van der Waals surface area contributed by atoms with Gasteiger partial charge in [0.15, 0.2) is 0 Å².